The van der Waals surface area contributed by atoms with Crippen LogP contribution in [0.3, 0.4) is 0 Å². The van der Waals surface area contributed by atoms with E-state index in [-0.39, 0.29) is 12.1 Å². The summed E-state index contributed by atoms with van der Waals surface area (Å²) in [5.41, 5.74) is 0.918. The van der Waals surface area contributed by atoms with Crippen molar-refractivity contribution in [2.75, 3.05) is 0 Å². The van der Waals surface area contributed by atoms with Gasteiger partial charge in [0, 0.05) is 6.54 Å². The minimum atomic E-state index is -0.776. The fourth-order valence-electron chi connectivity index (χ4n) is 1.71. The number of carbonyl (C=O) groups is 1. The highest BCUT2D eigenvalue weighted by Crippen LogP contribution is 2.19. The van der Waals surface area contributed by atoms with Crippen LogP contribution in [0.5, 0.6) is 5.75 Å². The van der Waals surface area contributed by atoms with E-state index in [1.807, 2.05) is 6.07 Å². The molecule has 100 valence electrons. The van der Waals surface area contributed by atoms with Crippen LogP contribution in [-0.2, 0) is 6.54 Å². The van der Waals surface area contributed by atoms with Crippen LogP contribution in [0.15, 0.2) is 42.5 Å². The van der Waals surface area contributed by atoms with Gasteiger partial charge in [0.05, 0.1) is 11.6 Å². The standard InChI is InChI=1S/C15H11FN2O2/c16-12-2-1-3-13(19)14(12)15(20)18-9-11-6-4-10(8-17)5-7-11/h1-7,19H,9H2,(H,18,20). The smallest absolute Gasteiger partial charge is 0.258 e. The van der Waals surface area contributed by atoms with Crippen LogP contribution in [0.1, 0.15) is 21.5 Å². The summed E-state index contributed by atoms with van der Waals surface area (Å²) >= 11 is 0. The molecule has 2 aromatic rings. The van der Waals surface area contributed by atoms with Crippen molar-refractivity contribution in [1.82, 2.24) is 5.32 Å². The summed E-state index contributed by atoms with van der Waals surface area (Å²) in [4.78, 5) is 11.8. The molecule has 0 fully saturated rings. The van der Waals surface area contributed by atoms with Crippen molar-refractivity contribution in [3.8, 4) is 11.8 Å². The second kappa shape index (κ2) is 5.85. The van der Waals surface area contributed by atoms with Gasteiger partial charge in [-0.1, -0.05) is 18.2 Å². The summed E-state index contributed by atoms with van der Waals surface area (Å²) in [5, 5.41) is 20.7. The highest BCUT2D eigenvalue weighted by atomic mass is 19.1. The lowest BCUT2D eigenvalue weighted by atomic mass is 10.1. The van der Waals surface area contributed by atoms with Crippen LogP contribution in [0.4, 0.5) is 4.39 Å². The van der Waals surface area contributed by atoms with E-state index in [2.05, 4.69) is 5.32 Å². The average Bonchev–Trinajstić information content (AvgIpc) is 2.45. The first-order chi connectivity index (χ1) is 9.61. The molecule has 20 heavy (non-hydrogen) atoms. The minimum Gasteiger partial charge on any atom is -0.507 e. The van der Waals surface area contributed by atoms with E-state index >= 15 is 0 Å². The Morgan fingerprint density at radius 2 is 1.95 bits per heavy atom. The molecule has 0 radical (unpaired) electrons. The van der Waals surface area contributed by atoms with Gasteiger partial charge in [0.25, 0.3) is 5.91 Å². The largest absolute Gasteiger partial charge is 0.507 e. The number of amides is 1. The molecule has 0 unspecified atom stereocenters. The number of rotatable bonds is 3. The Morgan fingerprint density at radius 1 is 1.25 bits per heavy atom. The molecule has 0 aliphatic carbocycles. The van der Waals surface area contributed by atoms with Gasteiger partial charge in [-0.05, 0) is 29.8 Å². The number of carbonyl (C=O) groups excluding carboxylic acids is 1. The molecule has 4 nitrogen and oxygen atoms in total. The summed E-state index contributed by atoms with van der Waals surface area (Å²) in [5.74, 6) is -1.87. The zero-order valence-electron chi connectivity index (χ0n) is 10.4. The van der Waals surface area contributed by atoms with E-state index in [4.69, 9.17) is 5.26 Å². The molecule has 2 rings (SSSR count). The monoisotopic (exact) mass is 270 g/mol. The number of aromatic hydroxyl groups is 1. The van der Waals surface area contributed by atoms with Crippen LogP contribution in [0, 0.1) is 17.1 Å². The zero-order chi connectivity index (χ0) is 14.5. The lowest BCUT2D eigenvalue weighted by Crippen LogP contribution is -2.23. The predicted octanol–water partition coefficient (Wildman–Crippen LogP) is 2.33. The number of halogens is 1. The third kappa shape index (κ3) is 2.93. The topological polar surface area (TPSA) is 73.1 Å². The van der Waals surface area contributed by atoms with Gasteiger partial charge in [-0.15, -0.1) is 0 Å². The third-order valence-corrected chi connectivity index (χ3v) is 2.75. The number of hydrogen-bond acceptors (Lipinski definition) is 3. The number of hydrogen-bond donors (Lipinski definition) is 2. The van der Waals surface area contributed by atoms with E-state index in [0.717, 1.165) is 11.6 Å². The fraction of sp³-hybridized carbons (Fsp3) is 0.0667. The van der Waals surface area contributed by atoms with E-state index in [9.17, 15) is 14.3 Å². The Morgan fingerprint density at radius 3 is 2.55 bits per heavy atom. The lowest BCUT2D eigenvalue weighted by molar-refractivity contribution is 0.0944. The quantitative estimate of drug-likeness (QED) is 0.899. The molecule has 0 bridgehead atoms. The highest BCUT2D eigenvalue weighted by molar-refractivity contribution is 5.97. The SMILES string of the molecule is N#Cc1ccc(CNC(=O)c2c(O)cccc2F)cc1. The van der Waals surface area contributed by atoms with Crippen molar-refractivity contribution >= 4 is 5.91 Å². The highest BCUT2D eigenvalue weighted by Gasteiger charge is 2.15. The molecule has 0 heterocycles. The fourth-order valence-corrected chi connectivity index (χ4v) is 1.71. The van der Waals surface area contributed by atoms with E-state index in [1.165, 1.54) is 12.1 Å². The van der Waals surface area contributed by atoms with Crippen molar-refractivity contribution in [2.24, 2.45) is 0 Å². The van der Waals surface area contributed by atoms with Gasteiger partial charge in [-0.3, -0.25) is 4.79 Å². The number of phenolic OH excluding ortho intramolecular Hbond substituents is 1. The first-order valence-electron chi connectivity index (χ1n) is 5.86. The van der Waals surface area contributed by atoms with E-state index in [0.29, 0.717) is 5.56 Å². The molecular formula is C15H11FN2O2. The van der Waals surface area contributed by atoms with Crippen LogP contribution in [0.2, 0.25) is 0 Å². The Kier molecular flexibility index (Phi) is 3.96. The third-order valence-electron chi connectivity index (χ3n) is 2.75. The predicted molar refractivity (Wildman–Crippen MR) is 70.4 cm³/mol. The second-order valence-electron chi connectivity index (χ2n) is 4.13. The first kappa shape index (κ1) is 13.6. The molecule has 0 aliphatic rings. The number of nitrogens with zero attached hydrogens (tertiary/aromatic N) is 1. The molecule has 0 saturated carbocycles. The number of nitrogens with one attached hydrogen (secondary N) is 1. The van der Waals surface area contributed by atoms with Crippen LogP contribution in [-0.4, -0.2) is 11.0 Å². The Hall–Kier alpha value is -2.87. The first-order valence-corrected chi connectivity index (χ1v) is 5.86. The minimum absolute atomic E-state index is 0.179. The molecule has 2 N–H and O–H groups in total. The number of benzene rings is 2. The van der Waals surface area contributed by atoms with Gasteiger partial charge >= 0.3 is 0 Å². The van der Waals surface area contributed by atoms with Gasteiger partial charge in [0.1, 0.15) is 17.1 Å². The van der Waals surface area contributed by atoms with E-state index in [1.54, 1.807) is 24.3 Å². The van der Waals surface area contributed by atoms with Gasteiger partial charge in [0.15, 0.2) is 0 Å². The van der Waals surface area contributed by atoms with Crippen LogP contribution >= 0.6 is 0 Å². The lowest BCUT2D eigenvalue weighted by Gasteiger charge is -2.07. The molecule has 0 aromatic heterocycles. The van der Waals surface area contributed by atoms with E-state index < -0.39 is 17.5 Å². The van der Waals surface area contributed by atoms with Gasteiger partial charge in [0.2, 0.25) is 0 Å². The number of phenols is 1. The van der Waals surface area contributed by atoms with Crippen molar-refractivity contribution in [2.45, 2.75) is 6.54 Å². The Balaban J connectivity index is 2.07. The van der Waals surface area contributed by atoms with Crippen molar-refractivity contribution in [3.05, 3.63) is 65.0 Å². The zero-order valence-corrected chi connectivity index (χ0v) is 10.4. The van der Waals surface area contributed by atoms with Gasteiger partial charge in [-0.2, -0.15) is 5.26 Å². The van der Waals surface area contributed by atoms with Crippen LogP contribution in [0.25, 0.3) is 0 Å². The Bertz CT molecular complexity index is 655. The summed E-state index contributed by atoms with van der Waals surface area (Å²) in [6.45, 7) is 0.179. The second-order valence-corrected chi connectivity index (χ2v) is 4.13. The maximum atomic E-state index is 13.5. The van der Waals surface area contributed by atoms with Crippen molar-refractivity contribution < 1.29 is 14.3 Å². The summed E-state index contributed by atoms with van der Waals surface area (Å²) < 4.78 is 13.5. The van der Waals surface area contributed by atoms with Crippen molar-refractivity contribution in [3.63, 3.8) is 0 Å². The normalized spacial score (nSPS) is 9.80. The molecule has 0 spiro atoms. The molecule has 2 aromatic carbocycles. The summed E-state index contributed by atoms with van der Waals surface area (Å²) in [7, 11) is 0. The van der Waals surface area contributed by atoms with Crippen molar-refractivity contribution in [1.29, 1.82) is 5.26 Å². The van der Waals surface area contributed by atoms with Crippen LogP contribution < -0.4 is 5.32 Å². The Labute approximate surface area is 115 Å². The van der Waals surface area contributed by atoms with Gasteiger partial charge in [-0.25, -0.2) is 4.39 Å². The maximum Gasteiger partial charge on any atom is 0.258 e. The molecular weight excluding hydrogens is 259 g/mol. The molecule has 1 amide bonds. The summed E-state index contributed by atoms with van der Waals surface area (Å²) in [6.07, 6.45) is 0. The average molecular weight is 270 g/mol. The van der Waals surface area contributed by atoms with Gasteiger partial charge < -0.3 is 10.4 Å². The molecule has 5 heteroatoms. The maximum absolute atomic E-state index is 13.5. The molecule has 0 aliphatic heterocycles. The number of nitriles is 1. The summed E-state index contributed by atoms with van der Waals surface area (Å²) in [6, 6.07) is 12.3. The molecule has 0 saturated heterocycles. The molecule has 0 atom stereocenters.